The predicted octanol–water partition coefficient (Wildman–Crippen LogP) is 4.05. The number of amides is 1. The zero-order valence-corrected chi connectivity index (χ0v) is 18.0. The second kappa shape index (κ2) is 13.8. The molecule has 0 spiro atoms. The standard InChI is InChI=1S/C19H34FNO5S/c1-6-7-8-9-10-11-16(22)14(20)12-27-13-15(17(23)25-5)21-18(24)26-19(2,3)4/h14-15H,6-13H2,1-5H3,(H,21,24)/t14?,15-/m1/s1. The van der Waals surface area contributed by atoms with Gasteiger partial charge in [-0.15, -0.1) is 0 Å². The molecule has 27 heavy (non-hydrogen) atoms. The Kier molecular flexibility index (Phi) is 13.1. The molecule has 0 aliphatic heterocycles. The van der Waals surface area contributed by atoms with Gasteiger partial charge in [-0.2, -0.15) is 11.8 Å². The molecule has 0 aliphatic carbocycles. The lowest BCUT2D eigenvalue weighted by molar-refractivity contribution is -0.142. The number of nitrogens with one attached hydrogen (secondary N) is 1. The molecule has 0 bridgehead atoms. The number of rotatable bonds is 13. The summed E-state index contributed by atoms with van der Waals surface area (Å²) in [5.41, 5.74) is -0.703. The zero-order chi connectivity index (χ0) is 20.9. The summed E-state index contributed by atoms with van der Waals surface area (Å²) in [5.74, 6) is -1.02. The molecule has 8 heteroatoms. The van der Waals surface area contributed by atoms with Crippen molar-refractivity contribution in [1.82, 2.24) is 5.32 Å². The van der Waals surface area contributed by atoms with Gasteiger partial charge in [0.1, 0.15) is 11.6 Å². The second-order valence-electron chi connectivity index (χ2n) is 7.36. The van der Waals surface area contributed by atoms with Gasteiger partial charge in [-0.3, -0.25) is 4.79 Å². The van der Waals surface area contributed by atoms with E-state index in [0.717, 1.165) is 37.4 Å². The molecule has 1 amide bonds. The number of hydrogen-bond acceptors (Lipinski definition) is 6. The summed E-state index contributed by atoms with van der Waals surface area (Å²) in [5, 5.41) is 2.42. The smallest absolute Gasteiger partial charge is 0.408 e. The largest absolute Gasteiger partial charge is 0.467 e. The predicted molar refractivity (Wildman–Crippen MR) is 106 cm³/mol. The van der Waals surface area contributed by atoms with E-state index in [1.165, 1.54) is 7.11 Å². The third kappa shape index (κ3) is 13.5. The van der Waals surface area contributed by atoms with Crippen LogP contribution < -0.4 is 5.32 Å². The topological polar surface area (TPSA) is 81.7 Å². The van der Waals surface area contributed by atoms with Crippen LogP contribution in [0.1, 0.15) is 66.2 Å². The number of thioether (sulfide) groups is 1. The van der Waals surface area contributed by atoms with E-state index in [0.29, 0.717) is 6.42 Å². The minimum Gasteiger partial charge on any atom is -0.467 e. The highest BCUT2D eigenvalue weighted by Gasteiger charge is 2.26. The number of methoxy groups -OCH3 is 1. The van der Waals surface area contributed by atoms with E-state index in [2.05, 4.69) is 17.0 Å². The molecule has 0 rings (SSSR count). The Balaban J connectivity index is 4.29. The van der Waals surface area contributed by atoms with Crippen molar-refractivity contribution in [3.8, 4) is 0 Å². The number of alkyl halides is 1. The number of hydrogen-bond donors (Lipinski definition) is 1. The Labute approximate surface area is 166 Å². The van der Waals surface area contributed by atoms with Crippen LogP contribution in [0.25, 0.3) is 0 Å². The van der Waals surface area contributed by atoms with Gasteiger partial charge in [-0.05, 0) is 27.2 Å². The number of alkyl carbamates (subject to hydrolysis) is 1. The Bertz CT molecular complexity index is 468. The van der Waals surface area contributed by atoms with Crippen LogP contribution in [-0.4, -0.2) is 54.3 Å². The van der Waals surface area contributed by atoms with E-state index in [1.54, 1.807) is 20.8 Å². The highest BCUT2D eigenvalue weighted by atomic mass is 32.2. The Morgan fingerprint density at radius 2 is 1.70 bits per heavy atom. The van der Waals surface area contributed by atoms with Gasteiger partial charge >= 0.3 is 12.1 Å². The summed E-state index contributed by atoms with van der Waals surface area (Å²) in [6.07, 6.45) is 2.87. The second-order valence-corrected chi connectivity index (χ2v) is 8.43. The summed E-state index contributed by atoms with van der Waals surface area (Å²) in [7, 11) is 1.21. The quantitative estimate of drug-likeness (QED) is 0.366. The van der Waals surface area contributed by atoms with Crippen molar-refractivity contribution in [2.24, 2.45) is 0 Å². The van der Waals surface area contributed by atoms with Crippen LogP contribution in [0.15, 0.2) is 0 Å². The maximum Gasteiger partial charge on any atom is 0.408 e. The lowest BCUT2D eigenvalue weighted by Gasteiger charge is -2.22. The number of carbonyl (C=O) groups excluding carboxylic acids is 3. The molecule has 0 radical (unpaired) electrons. The molecule has 1 unspecified atom stereocenters. The van der Waals surface area contributed by atoms with Crippen LogP contribution in [0.5, 0.6) is 0 Å². The first-order chi connectivity index (χ1) is 12.6. The van der Waals surface area contributed by atoms with E-state index < -0.39 is 35.7 Å². The van der Waals surface area contributed by atoms with E-state index in [4.69, 9.17) is 4.74 Å². The van der Waals surface area contributed by atoms with Crippen LogP contribution >= 0.6 is 11.8 Å². The number of esters is 1. The fourth-order valence-corrected chi connectivity index (χ4v) is 3.19. The van der Waals surface area contributed by atoms with Gasteiger partial charge in [0, 0.05) is 17.9 Å². The normalized spacial score (nSPS) is 13.6. The highest BCUT2D eigenvalue weighted by Crippen LogP contribution is 2.14. The lowest BCUT2D eigenvalue weighted by atomic mass is 10.1. The van der Waals surface area contributed by atoms with Gasteiger partial charge in [0.25, 0.3) is 0 Å². The molecule has 0 aromatic rings. The fraction of sp³-hybridized carbons (Fsp3) is 0.842. The first kappa shape index (κ1) is 25.7. The first-order valence-corrected chi connectivity index (χ1v) is 10.6. The van der Waals surface area contributed by atoms with Gasteiger partial charge in [-0.25, -0.2) is 14.0 Å². The summed E-state index contributed by atoms with van der Waals surface area (Å²) in [4.78, 5) is 35.4. The molecular weight excluding hydrogens is 373 g/mol. The third-order valence-corrected chi connectivity index (χ3v) is 4.70. The molecular formula is C19H34FNO5S. The molecule has 6 nitrogen and oxygen atoms in total. The first-order valence-electron chi connectivity index (χ1n) is 9.42. The third-order valence-electron chi connectivity index (χ3n) is 3.60. The lowest BCUT2D eigenvalue weighted by Crippen LogP contribution is -2.45. The van der Waals surface area contributed by atoms with Crippen molar-refractivity contribution in [3.63, 3.8) is 0 Å². The monoisotopic (exact) mass is 407 g/mol. The molecule has 0 aliphatic rings. The number of carbonyl (C=O) groups is 3. The summed E-state index contributed by atoms with van der Waals surface area (Å²) in [6.45, 7) is 7.22. The molecule has 158 valence electrons. The maximum atomic E-state index is 14.0. The SMILES string of the molecule is CCCCCCCC(=O)C(F)CSC[C@@H](NC(=O)OC(C)(C)C)C(=O)OC. The van der Waals surface area contributed by atoms with Crippen molar-refractivity contribution >= 4 is 29.6 Å². The summed E-state index contributed by atoms with van der Waals surface area (Å²) < 4.78 is 23.7. The number of halogens is 1. The average molecular weight is 408 g/mol. The maximum absolute atomic E-state index is 14.0. The van der Waals surface area contributed by atoms with Crippen molar-refractivity contribution < 1.29 is 28.2 Å². The average Bonchev–Trinajstić information content (AvgIpc) is 2.57. The van der Waals surface area contributed by atoms with Gasteiger partial charge in [0.15, 0.2) is 12.0 Å². The number of ketones is 1. The van der Waals surface area contributed by atoms with Gasteiger partial charge in [0.05, 0.1) is 7.11 Å². The van der Waals surface area contributed by atoms with Crippen molar-refractivity contribution in [1.29, 1.82) is 0 Å². The van der Waals surface area contributed by atoms with E-state index in [9.17, 15) is 18.8 Å². The van der Waals surface area contributed by atoms with Crippen molar-refractivity contribution in [3.05, 3.63) is 0 Å². The number of Topliss-reactive ketones (excluding diaryl/α,β-unsaturated/α-hetero) is 1. The number of unbranched alkanes of at least 4 members (excludes halogenated alkanes) is 4. The molecule has 0 saturated heterocycles. The minimum absolute atomic E-state index is 0.0582. The zero-order valence-electron chi connectivity index (χ0n) is 17.1. The van der Waals surface area contributed by atoms with E-state index >= 15 is 0 Å². The summed E-state index contributed by atoms with van der Waals surface area (Å²) in [6, 6.07) is -0.966. The van der Waals surface area contributed by atoms with Crippen molar-refractivity contribution in [2.45, 2.75) is 84.0 Å². The van der Waals surface area contributed by atoms with Gasteiger partial charge < -0.3 is 14.8 Å². The van der Waals surface area contributed by atoms with Gasteiger partial charge in [-0.1, -0.05) is 32.6 Å². The fourth-order valence-electron chi connectivity index (χ4n) is 2.20. The molecule has 0 saturated carbocycles. The molecule has 0 aromatic heterocycles. The molecule has 2 atom stereocenters. The van der Waals surface area contributed by atoms with Gasteiger partial charge in [0.2, 0.25) is 0 Å². The van der Waals surface area contributed by atoms with Crippen LogP contribution in [0.4, 0.5) is 9.18 Å². The van der Waals surface area contributed by atoms with Crippen molar-refractivity contribution in [2.75, 3.05) is 18.6 Å². The van der Waals surface area contributed by atoms with Crippen LogP contribution in [-0.2, 0) is 19.1 Å². The molecule has 1 N–H and O–H groups in total. The van der Waals surface area contributed by atoms with E-state index in [1.807, 2.05) is 0 Å². The summed E-state index contributed by atoms with van der Waals surface area (Å²) >= 11 is 1.08. The Morgan fingerprint density at radius 1 is 1.07 bits per heavy atom. The highest BCUT2D eigenvalue weighted by molar-refractivity contribution is 7.99. The Hall–Kier alpha value is -1.31. The molecule has 0 aromatic carbocycles. The molecule has 0 heterocycles. The molecule has 0 fully saturated rings. The van der Waals surface area contributed by atoms with E-state index in [-0.39, 0.29) is 17.9 Å². The number of ether oxygens (including phenoxy) is 2. The van der Waals surface area contributed by atoms with Crippen LogP contribution in [0, 0.1) is 0 Å². The minimum atomic E-state index is -1.57. The van der Waals surface area contributed by atoms with Crippen LogP contribution in [0.3, 0.4) is 0 Å². The van der Waals surface area contributed by atoms with Crippen LogP contribution in [0.2, 0.25) is 0 Å². The Morgan fingerprint density at radius 3 is 2.26 bits per heavy atom.